The average Bonchev–Trinajstić information content (AvgIpc) is 3.87. The highest BCUT2D eigenvalue weighted by atomic mass is 32.2. The summed E-state index contributed by atoms with van der Waals surface area (Å²) in [7, 11) is -3.80. The van der Waals surface area contributed by atoms with Crippen LogP contribution in [0.4, 0.5) is 14.9 Å². The van der Waals surface area contributed by atoms with Gasteiger partial charge in [-0.2, -0.15) is 0 Å². The highest BCUT2D eigenvalue weighted by Crippen LogP contribution is 2.48. The summed E-state index contributed by atoms with van der Waals surface area (Å²) >= 11 is 0. The lowest BCUT2D eigenvalue weighted by molar-refractivity contribution is -0.00330. The van der Waals surface area contributed by atoms with Crippen LogP contribution in [0.3, 0.4) is 0 Å². The second-order valence-corrected chi connectivity index (χ2v) is 14.1. The molecule has 3 aromatic carbocycles. The van der Waals surface area contributed by atoms with E-state index in [1.54, 1.807) is 18.2 Å². The van der Waals surface area contributed by atoms with Gasteiger partial charge < -0.3 is 28.5 Å². The summed E-state index contributed by atoms with van der Waals surface area (Å²) in [6, 6.07) is 15.7. The van der Waals surface area contributed by atoms with Crippen molar-refractivity contribution in [3.63, 3.8) is 0 Å². The van der Waals surface area contributed by atoms with Crippen LogP contribution in [0.2, 0.25) is 0 Å². The molecule has 4 aromatic rings. The first-order valence-electron chi connectivity index (χ1n) is 16.7. The number of carbonyl (C=O) groups excluding carboxylic acids is 2. The molecule has 1 aliphatic carbocycles. The Morgan fingerprint density at radius 1 is 0.904 bits per heavy atom. The van der Waals surface area contributed by atoms with E-state index in [0.717, 1.165) is 24.7 Å². The van der Waals surface area contributed by atoms with Crippen molar-refractivity contribution in [1.29, 1.82) is 0 Å². The van der Waals surface area contributed by atoms with Gasteiger partial charge in [0.05, 0.1) is 76.9 Å². The second kappa shape index (κ2) is 17.7. The van der Waals surface area contributed by atoms with Crippen molar-refractivity contribution in [2.45, 2.75) is 32.3 Å². The molecule has 0 bridgehead atoms. The first-order valence-corrected chi connectivity index (χ1v) is 18.6. The van der Waals surface area contributed by atoms with Crippen LogP contribution < -0.4 is 9.62 Å². The number of sulfonamides is 1. The first-order chi connectivity index (χ1) is 24.9. The third-order valence-electron chi connectivity index (χ3n) is 8.23. The SMILES string of the molecule is CC(=O)c1cccc(COCCOCCOCCOCCN(c2cc3oc(-c4ccc(F)cc4)c(C(=O)NC(=O)O)c3cc2C2CC2)S(C)(=O)=O)c1. The summed E-state index contributed by atoms with van der Waals surface area (Å²) in [4.78, 5) is 36.0. The van der Waals surface area contributed by atoms with Gasteiger partial charge in [-0.15, -0.1) is 0 Å². The van der Waals surface area contributed by atoms with Crippen LogP contribution in [-0.2, 0) is 35.6 Å². The van der Waals surface area contributed by atoms with Crippen molar-refractivity contribution in [2.24, 2.45) is 0 Å². The zero-order chi connectivity index (χ0) is 37.3. The third kappa shape index (κ3) is 10.4. The van der Waals surface area contributed by atoms with E-state index in [0.29, 0.717) is 60.8 Å². The van der Waals surface area contributed by atoms with E-state index in [1.807, 2.05) is 17.4 Å². The zero-order valence-electron chi connectivity index (χ0n) is 28.9. The Hall–Kier alpha value is -4.67. The molecular weight excluding hydrogens is 699 g/mol. The molecule has 0 atom stereocenters. The highest BCUT2D eigenvalue weighted by molar-refractivity contribution is 7.92. The first kappa shape index (κ1) is 38.6. The Labute approximate surface area is 300 Å². The van der Waals surface area contributed by atoms with Crippen LogP contribution in [0.5, 0.6) is 0 Å². The Balaban J connectivity index is 1.14. The van der Waals surface area contributed by atoms with E-state index in [4.69, 9.17) is 23.4 Å². The largest absolute Gasteiger partial charge is 0.465 e. The van der Waals surface area contributed by atoms with E-state index in [-0.39, 0.29) is 55.0 Å². The smallest absolute Gasteiger partial charge is 0.411 e. The number of fused-ring (bicyclic) bond motifs is 1. The molecule has 0 spiro atoms. The van der Waals surface area contributed by atoms with Crippen molar-refractivity contribution in [3.05, 3.63) is 88.7 Å². The number of Topliss-reactive ketones (excluding diaryl/α,β-unsaturated/α-hetero) is 1. The number of amides is 2. The van der Waals surface area contributed by atoms with Crippen LogP contribution in [0.1, 0.15) is 57.5 Å². The lowest BCUT2D eigenvalue weighted by Gasteiger charge is -2.25. The monoisotopic (exact) mass is 740 g/mol. The molecule has 1 heterocycles. The van der Waals surface area contributed by atoms with Crippen LogP contribution in [0.25, 0.3) is 22.3 Å². The van der Waals surface area contributed by atoms with Gasteiger partial charge >= 0.3 is 6.09 Å². The quantitative estimate of drug-likeness (QED) is 0.0834. The lowest BCUT2D eigenvalue weighted by atomic mass is 10.0. The third-order valence-corrected chi connectivity index (χ3v) is 9.41. The summed E-state index contributed by atoms with van der Waals surface area (Å²) in [5, 5.41) is 11.4. The Bertz CT molecular complexity index is 1990. The number of carbonyl (C=O) groups is 3. The number of hydrogen-bond acceptors (Lipinski definition) is 10. The number of ketones is 1. The van der Waals surface area contributed by atoms with E-state index >= 15 is 0 Å². The number of rotatable bonds is 20. The Morgan fingerprint density at radius 3 is 2.13 bits per heavy atom. The van der Waals surface area contributed by atoms with E-state index < -0.39 is 27.8 Å². The van der Waals surface area contributed by atoms with Gasteiger partial charge in [-0.1, -0.05) is 18.2 Å². The molecule has 52 heavy (non-hydrogen) atoms. The average molecular weight is 741 g/mol. The van der Waals surface area contributed by atoms with Crippen LogP contribution in [0.15, 0.2) is 65.1 Å². The standard InChI is InChI=1S/C37H41FN2O11S/c1-24(41)28-5-3-4-25(20-28)23-50-19-18-49-17-16-48-15-14-47-13-12-40(52(2,45)46)32-22-33-31(21-30(32)26-6-7-26)34(36(42)39-37(43)44)35(51-33)27-8-10-29(38)11-9-27/h3-5,8-11,20-22,26H,6-7,12-19,23H2,1-2H3,(H,39,42)(H,43,44). The number of nitrogens with one attached hydrogen (secondary N) is 1. The molecule has 5 rings (SSSR count). The molecule has 1 aromatic heterocycles. The van der Waals surface area contributed by atoms with Crippen molar-refractivity contribution in [1.82, 2.24) is 5.32 Å². The van der Waals surface area contributed by atoms with Gasteiger partial charge in [0.2, 0.25) is 10.0 Å². The van der Waals surface area contributed by atoms with Gasteiger partial charge in [0.1, 0.15) is 17.2 Å². The topological polar surface area (TPSA) is 171 Å². The normalized spacial score (nSPS) is 13.0. The highest BCUT2D eigenvalue weighted by Gasteiger charge is 2.33. The molecular formula is C37H41FN2O11S. The zero-order valence-corrected chi connectivity index (χ0v) is 29.7. The van der Waals surface area contributed by atoms with Crippen molar-refractivity contribution >= 4 is 44.5 Å². The molecule has 13 nitrogen and oxygen atoms in total. The summed E-state index contributed by atoms with van der Waals surface area (Å²) in [6.07, 6.45) is 1.14. The van der Waals surface area contributed by atoms with Gasteiger partial charge in [0.15, 0.2) is 5.78 Å². The molecule has 2 N–H and O–H groups in total. The molecule has 0 unspecified atom stereocenters. The fourth-order valence-electron chi connectivity index (χ4n) is 5.62. The summed E-state index contributed by atoms with van der Waals surface area (Å²) in [5.41, 5.74) is 3.03. The Morgan fingerprint density at radius 2 is 1.54 bits per heavy atom. The molecule has 1 saturated carbocycles. The van der Waals surface area contributed by atoms with Crippen molar-refractivity contribution in [2.75, 3.05) is 63.4 Å². The van der Waals surface area contributed by atoms with Crippen LogP contribution >= 0.6 is 0 Å². The van der Waals surface area contributed by atoms with Gasteiger partial charge in [0.25, 0.3) is 5.91 Å². The molecule has 1 fully saturated rings. The number of hydrogen-bond donors (Lipinski definition) is 2. The Kier molecular flexibility index (Phi) is 13.1. The van der Waals surface area contributed by atoms with E-state index in [1.165, 1.54) is 41.6 Å². The maximum Gasteiger partial charge on any atom is 0.411 e. The fourth-order valence-corrected chi connectivity index (χ4v) is 6.54. The number of nitrogens with zero attached hydrogens (tertiary/aromatic N) is 1. The number of anilines is 1. The number of benzene rings is 3. The molecule has 278 valence electrons. The minimum atomic E-state index is -3.80. The van der Waals surface area contributed by atoms with Crippen LogP contribution in [-0.4, -0.2) is 90.4 Å². The predicted molar refractivity (Wildman–Crippen MR) is 190 cm³/mol. The molecule has 0 saturated heterocycles. The van der Waals surface area contributed by atoms with Gasteiger partial charge in [-0.3, -0.25) is 19.2 Å². The van der Waals surface area contributed by atoms with Crippen molar-refractivity contribution in [3.8, 4) is 11.3 Å². The van der Waals surface area contributed by atoms with Gasteiger partial charge in [-0.25, -0.2) is 17.6 Å². The van der Waals surface area contributed by atoms with Crippen molar-refractivity contribution < 1.29 is 55.7 Å². The number of ether oxygens (including phenoxy) is 4. The fraction of sp³-hybridized carbons (Fsp3) is 0.378. The maximum atomic E-state index is 13.7. The van der Waals surface area contributed by atoms with E-state index in [9.17, 15) is 32.3 Å². The second-order valence-electron chi connectivity index (χ2n) is 12.2. The molecule has 1 aliphatic rings. The van der Waals surface area contributed by atoms with Gasteiger partial charge in [0, 0.05) is 22.6 Å². The lowest BCUT2D eigenvalue weighted by Crippen LogP contribution is -2.34. The molecule has 0 aliphatic heterocycles. The number of carboxylic acid groups (broad SMARTS) is 1. The minimum Gasteiger partial charge on any atom is -0.465 e. The van der Waals surface area contributed by atoms with E-state index in [2.05, 4.69) is 0 Å². The van der Waals surface area contributed by atoms with Gasteiger partial charge in [-0.05, 0) is 73.2 Å². The molecule has 2 amide bonds. The van der Waals surface area contributed by atoms with Crippen LogP contribution in [0, 0.1) is 5.82 Å². The summed E-state index contributed by atoms with van der Waals surface area (Å²) < 4.78 is 69.5. The maximum absolute atomic E-state index is 13.7. The summed E-state index contributed by atoms with van der Waals surface area (Å²) in [6.45, 7) is 3.89. The predicted octanol–water partition coefficient (Wildman–Crippen LogP) is 5.76. The number of furan rings is 1. The number of imide groups is 1. The minimum absolute atomic E-state index is 0.00246. The molecule has 0 radical (unpaired) electrons. The number of halogens is 1. The summed E-state index contributed by atoms with van der Waals surface area (Å²) in [5.74, 6) is -1.39. The molecule has 15 heteroatoms.